The van der Waals surface area contributed by atoms with Gasteiger partial charge in [-0.25, -0.2) is 4.39 Å². The van der Waals surface area contributed by atoms with Crippen molar-refractivity contribution in [3.05, 3.63) is 35.6 Å². The number of benzene rings is 1. The molecule has 1 aliphatic rings. The van der Waals surface area contributed by atoms with Gasteiger partial charge in [-0.3, -0.25) is 9.59 Å². The zero-order valence-electron chi connectivity index (χ0n) is 10.7. The monoisotopic (exact) mass is 265 g/mol. The van der Waals surface area contributed by atoms with Crippen molar-refractivity contribution >= 4 is 11.9 Å². The molecule has 5 heteroatoms. The highest BCUT2D eigenvalue weighted by Gasteiger charge is 2.41. The highest BCUT2D eigenvalue weighted by atomic mass is 19.1. The Balaban J connectivity index is 1.98. The number of carboxylic acids is 1. The summed E-state index contributed by atoms with van der Waals surface area (Å²) in [6.45, 7) is 2.35. The number of rotatable bonds is 3. The van der Waals surface area contributed by atoms with Crippen LogP contribution in [-0.2, 0) is 16.0 Å². The van der Waals surface area contributed by atoms with E-state index in [1.165, 1.54) is 12.1 Å². The maximum atomic E-state index is 12.8. The number of hydrogen-bond donors (Lipinski definition) is 1. The first-order chi connectivity index (χ1) is 8.90. The Labute approximate surface area is 110 Å². The van der Waals surface area contributed by atoms with E-state index in [0.717, 1.165) is 5.56 Å². The third-order valence-electron chi connectivity index (χ3n) is 3.61. The van der Waals surface area contributed by atoms with Gasteiger partial charge >= 0.3 is 5.97 Å². The molecule has 1 aromatic carbocycles. The number of carbonyl (C=O) groups is 2. The molecule has 0 spiro atoms. The first kappa shape index (κ1) is 13.5. The fraction of sp³-hybridized carbons (Fsp3) is 0.429. The number of aliphatic carboxylic acids is 1. The first-order valence-corrected chi connectivity index (χ1v) is 6.16. The van der Waals surface area contributed by atoms with Crippen LogP contribution in [0.5, 0.6) is 0 Å². The third kappa shape index (κ3) is 2.92. The van der Waals surface area contributed by atoms with Crippen LogP contribution < -0.4 is 0 Å². The molecule has 19 heavy (non-hydrogen) atoms. The van der Waals surface area contributed by atoms with Gasteiger partial charge in [-0.2, -0.15) is 0 Å². The summed E-state index contributed by atoms with van der Waals surface area (Å²) in [7, 11) is 0. The second-order valence-corrected chi connectivity index (χ2v) is 5.23. The van der Waals surface area contributed by atoms with E-state index < -0.39 is 11.4 Å². The standard InChI is InChI=1S/C14H16FNO3/c1-14(13(18)19)6-7-16(9-14)12(17)8-10-2-4-11(15)5-3-10/h2-5H,6-9H2,1H3,(H,18,19)/t14-/m1/s1. The molecule has 1 atom stereocenters. The van der Waals surface area contributed by atoms with Crippen LogP contribution in [0.3, 0.4) is 0 Å². The number of carboxylic acid groups (broad SMARTS) is 1. The minimum Gasteiger partial charge on any atom is -0.481 e. The van der Waals surface area contributed by atoms with Crippen LogP contribution in [0.25, 0.3) is 0 Å². The molecule has 1 N–H and O–H groups in total. The summed E-state index contributed by atoms with van der Waals surface area (Å²) >= 11 is 0. The summed E-state index contributed by atoms with van der Waals surface area (Å²) in [5.74, 6) is -1.32. The molecular formula is C14H16FNO3. The Bertz CT molecular complexity index is 500. The summed E-state index contributed by atoms with van der Waals surface area (Å²) in [6, 6.07) is 5.77. The van der Waals surface area contributed by atoms with E-state index in [4.69, 9.17) is 5.11 Å². The van der Waals surface area contributed by atoms with Crippen LogP contribution in [0.1, 0.15) is 18.9 Å². The van der Waals surface area contributed by atoms with Gasteiger partial charge < -0.3 is 10.0 Å². The van der Waals surface area contributed by atoms with Crippen molar-refractivity contribution in [3.8, 4) is 0 Å². The lowest BCUT2D eigenvalue weighted by Crippen LogP contribution is -2.35. The Kier molecular flexibility index (Phi) is 3.55. The quantitative estimate of drug-likeness (QED) is 0.904. The van der Waals surface area contributed by atoms with E-state index >= 15 is 0 Å². The molecule has 0 unspecified atom stereocenters. The van der Waals surface area contributed by atoms with Crippen molar-refractivity contribution < 1.29 is 19.1 Å². The Morgan fingerprint density at radius 3 is 2.53 bits per heavy atom. The van der Waals surface area contributed by atoms with Gasteiger partial charge in [-0.15, -0.1) is 0 Å². The van der Waals surface area contributed by atoms with Gasteiger partial charge in [0, 0.05) is 13.1 Å². The molecule has 1 amide bonds. The van der Waals surface area contributed by atoms with Crippen molar-refractivity contribution in [3.63, 3.8) is 0 Å². The predicted molar refractivity (Wildman–Crippen MR) is 67.0 cm³/mol. The van der Waals surface area contributed by atoms with E-state index in [1.807, 2.05) is 0 Å². The number of carbonyl (C=O) groups excluding carboxylic acids is 1. The van der Waals surface area contributed by atoms with Crippen molar-refractivity contribution in [2.45, 2.75) is 19.8 Å². The van der Waals surface area contributed by atoms with E-state index in [2.05, 4.69) is 0 Å². The molecule has 1 heterocycles. The van der Waals surface area contributed by atoms with Gasteiger partial charge in [0.05, 0.1) is 11.8 Å². The van der Waals surface area contributed by atoms with Gasteiger partial charge in [0.1, 0.15) is 5.82 Å². The normalized spacial score (nSPS) is 22.5. The molecule has 0 aromatic heterocycles. The molecule has 1 aliphatic heterocycles. The summed E-state index contributed by atoms with van der Waals surface area (Å²) in [4.78, 5) is 24.7. The van der Waals surface area contributed by atoms with Crippen LogP contribution >= 0.6 is 0 Å². The molecule has 0 aliphatic carbocycles. The molecule has 0 bridgehead atoms. The second-order valence-electron chi connectivity index (χ2n) is 5.23. The first-order valence-electron chi connectivity index (χ1n) is 6.16. The van der Waals surface area contributed by atoms with Crippen LogP contribution in [-0.4, -0.2) is 35.0 Å². The zero-order chi connectivity index (χ0) is 14.0. The lowest BCUT2D eigenvalue weighted by molar-refractivity contribution is -0.147. The fourth-order valence-corrected chi connectivity index (χ4v) is 2.24. The van der Waals surface area contributed by atoms with Gasteiger partial charge in [-0.1, -0.05) is 12.1 Å². The van der Waals surface area contributed by atoms with Crippen LogP contribution in [0.4, 0.5) is 4.39 Å². The summed E-state index contributed by atoms with van der Waals surface area (Å²) in [5, 5.41) is 9.11. The number of halogens is 1. The van der Waals surface area contributed by atoms with Crippen LogP contribution in [0, 0.1) is 11.2 Å². The molecule has 102 valence electrons. The van der Waals surface area contributed by atoms with Crippen LogP contribution in [0.15, 0.2) is 24.3 Å². The summed E-state index contributed by atoms with van der Waals surface area (Å²) < 4.78 is 12.8. The lowest BCUT2D eigenvalue weighted by atomic mass is 9.90. The maximum Gasteiger partial charge on any atom is 0.311 e. The Hall–Kier alpha value is -1.91. The van der Waals surface area contributed by atoms with Gasteiger partial charge in [-0.05, 0) is 31.0 Å². The van der Waals surface area contributed by atoms with E-state index in [9.17, 15) is 14.0 Å². The second kappa shape index (κ2) is 4.99. The lowest BCUT2D eigenvalue weighted by Gasteiger charge is -2.20. The van der Waals surface area contributed by atoms with Crippen molar-refractivity contribution in [1.82, 2.24) is 4.90 Å². The molecule has 1 fully saturated rings. The molecule has 2 rings (SSSR count). The average Bonchev–Trinajstić information content (AvgIpc) is 2.76. The zero-order valence-corrected chi connectivity index (χ0v) is 10.7. The maximum absolute atomic E-state index is 12.8. The highest BCUT2D eigenvalue weighted by molar-refractivity contribution is 5.81. The third-order valence-corrected chi connectivity index (χ3v) is 3.61. The van der Waals surface area contributed by atoms with E-state index in [0.29, 0.717) is 13.0 Å². The highest BCUT2D eigenvalue weighted by Crippen LogP contribution is 2.30. The van der Waals surface area contributed by atoms with E-state index in [1.54, 1.807) is 24.0 Å². The minimum atomic E-state index is -0.871. The minimum absolute atomic E-state index is 0.114. The SMILES string of the molecule is C[C@@]1(C(=O)O)CCN(C(=O)Cc2ccc(F)cc2)C1. The van der Waals surface area contributed by atoms with Crippen LogP contribution in [0.2, 0.25) is 0 Å². The van der Waals surface area contributed by atoms with E-state index in [-0.39, 0.29) is 24.7 Å². The largest absolute Gasteiger partial charge is 0.481 e. The van der Waals surface area contributed by atoms with Crippen molar-refractivity contribution in [2.24, 2.45) is 5.41 Å². The van der Waals surface area contributed by atoms with Gasteiger partial charge in [0.15, 0.2) is 0 Å². The molecule has 0 radical (unpaired) electrons. The number of amides is 1. The molecule has 0 saturated carbocycles. The van der Waals surface area contributed by atoms with Gasteiger partial charge in [0.2, 0.25) is 5.91 Å². The summed E-state index contributed by atoms with van der Waals surface area (Å²) in [5.41, 5.74) is -0.117. The predicted octanol–water partition coefficient (Wildman–Crippen LogP) is 1.69. The topological polar surface area (TPSA) is 57.6 Å². The summed E-state index contributed by atoms with van der Waals surface area (Å²) in [6.07, 6.45) is 0.646. The van der Waals surface area contributed by atoms with Crippen molar-refractivity contribution in [2.75, 3.05) is 13.1 Å². The van der Waals surface area contributed by atoms with Gasteiger partial charge in [0.25, 0.3) is 0 Å². The molecular weight excluding hydrogens is 249 g/mol. The molecule has 1 aromatic rings. The Morgan fingerprint density at radius 1 is 1.37 bits per heavy atom. The average molecular weight is 265 g/mol. The molecule has 1 saturated heterocycles. The number of nitrogens with zero attached hydrogens (tertiary/aromatic N) is 1. The van der Waals surface area contributed by atoms with Crippen molar-refractivity contribution in [1.29, 1.82) is 0 Å². The number of hydrogen-bond acceptors (Lipinski definition) is 2. The number of likely N-dealkylation sites (tertiary alicyclic amines) is 1. The smallest absolute Gasteiger partial charge is 0.311 e. The fourth-order valence-electron chi connectivity index (χ4n) is 2.24. The Morgan fingerprint density at radius 2 is 2.00 bits per heavy atom. The molecule has 4 nitrogen and oxygen atoms in total.